The van der Waals surface area contributed by atoms with Crippen LogP contribution in [0, 0.1) is 34.6 Å². The predicted molar refractivity (Wildman–Crippen MR) is 157 cm³/mol. The summed E-state index contributed by atoms with van der Waals surface area (Å²) in [4.78, 5) is 44.4. The molecule has 2 fully saturated rings. The van der Waals surface area contributed by atoms with Crippen molar-refractivity contribution in [3.63, 3.8) is 0 Å². The van der Waals surface area contributed by atoms with Gasteiger partial charge in [0.05, 0.1) is 10.6 Å². The number of piperazine rings is 1. The number of para-hydroxylation sites is 1. The van der Waals surface area contributed by atoms with E-state index in [1.807, 2.05) is 38.1 Å². The smallest absolute Gasteiger partial charge is 0.294 e. The Morgan fingerprint density at radius 3 is 2.18 bits per heavy atom. The van der Waals surface area contributed by atoms with Gasteiger partial charge in [0, 0.05) is 43.3 Å². The maximum Gasteiger partial charge on any atom is 0.294 e. The molecule has 0 saturated carbocycles. The zero-order chi connectivity index (χ0) is 27.8. The molecule has 0 N–H and O–H groups in total. The van der Waals surface area contributed by atoms with E-state index in [1.54, 1.807) is 11.0 Å². The molecule has 0 bridgehead atoms. The largest absolute Gasteiger partial charge is 0.368 e. The molecule has 0 spiro atoms. The number of aromatic nitrogens is 1. The van der Waals surface area contributed by atoms with E-state index in [2.05, 4.69) is 54.5 Å². The molecule has 1 aromatic heterocycles. The van der Waals surface area contributed by atoms with E-state index >= 15 is 0 Å². The summed E-state index contributed by atoms with van der Waals surface area (Å²) < 4.78 is 2.21. The second kappa shape index (κ2) is 10.8. The monoisotopic (exact) mass is 542 g/mol. The number of carbonyl (C=O) groups is 3. The number of hydrogen-bond donors (Lipinski definition) is 0. The minimum Gasteiger partial charge on any atom is -0.368 e. The molecule has 0 radical (unpaired) electrons. The molecule has 3 amide bonds. The van der Waals surface area contributed by atoms with Gasteiger partial charge >= 0.3 is 0 Å². The normalized spacial score (nSPS) is 17.1. The van der Waals surface area contributed by atoms with Crippen molar-refractivity contribution in [2.24, 2.45) is 0 Å². The summed E-state index contributed by atoms with van der Waals surface area (Å²) in [6.45, 7) is 12.7. The van der Waals surface area contributed by atoms with E-state index in [9.17, 15) is 14.4 Å². The molecule has 0 atom stereocenters. The summed E-state index contributed by atoms with van der Waals surface area (Å²) in [5.41, 5.74) is 8.81. The van der Waals surface area contributed by atoms with Crippen LogP contribution in [0.2, 0.25) is 0 Å². The highest BCUT2D eigenvalue weighted by atomic mass is 32.2. The van der Waals surface area contributed by atoms with E-state index in [0.717, 1.165) is 45.0 Å². The molecule has 3 heterocycles. The molecule has 2 aliphatic heterocycles. The van der Waals surface area contributed by atoms with Crippen LogP contribution in [0.1, 0.15) is 33.6 Å². The van der Waals surface area contributed by atoms with Crippen LogP contribution in [-0.2, 0) is 9.59 Å². The quantitative estimate of drug-likeness (QED) is 0.404. The van der Waals surface area contributed by atoms with Crippen molar-refractivity contribution in [1.82, 2.24) is 14.4 Å². The van der Waals surface area contributed by atoms with Crippen molar-refractivity contribution in [3.05, 3.63) is 87.1 Å². The fourth-order valence-corrected chi connectivity index (χ4v) is 6.50. The predicted octanol–water partition coefficient (Wildman–Crippen LogP) is 5.40. The first-order valence-corrected chi connectivity index (χ1v) is 14.1. The Labute approximate surface area is 234 Å². The lowest BCUT2D eigenvalue weighted by Gasteiger charge is -2.36. The number of benzene rings is 2. The molecule has 3 aromatic rings. The van der Waals surface area contributed by atoms with Gasteiger partial charge in [0.15, 0.2) is 0 Å². The number of hydrogen-bond acceptors (Lipinski definition) is 5. The summed E-state index contributed by atoms with van der Waals surface area (Å²) in [5.74, 6) is -0.608. The minimum absolute atomic E-state index is 0.199. The lowest BCUT2D eigenvalue weighted by atomic mass is 10.0. The highest BCUT2D eigenvalue weighted by Crippen LogP contribution is 2.34. The lowest BCUT2D eigenvalue weighted by Crippen LogP contribution is -2.51. The summed E-state index contributed by atoms with van der Waals surface area (Å²) >= 11 is 0.901. The fourth-order valence-electron chi connectivity index (χ4n) is 5.67. The molecular weight excluding hydrogens is 508 g/mol. The van der Waals surface area contributed by atoms with Crippen LogP contribution in [-0.4, -0.2) is 64.1 Å². The number of rotatable bonds is 5. The molecule has 8 heteroatoms. The van der Waals surface area contributed by atoms with E-state index in [4.69, 9.17) is 0 Å². The average molecular weight is 543 g/mol. The first-order valence-electron chi connectivity index (χ1n) is 13.2. The average Bonchev–Trinajstić information content (AvgIpc) is 3.33. The maximum absolute atomic E-state index is 13.2. The van der Waals surface area contributed by atoms with Crippen molar-refractivity contribution in [1.29, 1.82) is 0 Å². The van der Waals surface area contributed by atoms with Crippen LogP contribution in [0.4, 0.5) is 10.5 Å². The van der Waals surface area contributed by atoms with Gasteiger partial charge in [-0.2, -0.15) is 0 Å². The Morgan fingerprint density at radius 1 is 0.897 bits per heavy atom. The summed E-state index contributed by atoms with van der Waals surface area (Å²) in [5, 5.41) is -0.401. The van der Waals surface area contributed by atoms with Gasteiger partial charge in [-0.25, -0.2) is 0 Å². The molecule has 2 saturated heterocycles. The van der Waals surface area contributed by atoms with E-state index < -0.39 is 11.1 Å². The molecule has 7 nitrogen and oxygen atoms in total. The summed E-state index contributed by atoms with van der Waals surface area (Å²) in [6.07, 6.45) is 1.78. The first-order chi connectivity index (χ1) is 18.6. The third kappa shape index (κ3) is 5.26. The van der Waals surface area contributed by atoms with Gasteiger partial charge in [-0.05, 0) is 87.3 Å². The molecule has 202 valence electrons. The third-order valence-corrected chi connectivity index (χ3v) is 8.44. The van der Waals surface area contributed by atoms with Crippen molar-refractivity contribution in [2.75, 3.05) is 37.6 Å². The Bertz CT molecular complexity index is 1460. The molecule has 39 heavy (non-hydrogen) atoms. The van der Waals surface area contributed by atoms with Gasteiger partial charge in [0.1, 0.15) is 6.54 Å². The van der Waals surface area contributed by atoms with Gasteiger partial charge in [-0.1, -0.05) is 35.9 Å². The first kappa shape index (κ1) is 26.8. The number of amides is 3. The molecule has 0 aliphatic carbocycles. The van der Waals surface area contributed by atoms with Gasteiger partial charge in [-0.15, -0.1) is 0 Å². The van der Waals surface area contributed by atoms with Gasteiger partial charge < -0.3 is 14.4 Å². The van der Waals surface area contributed by atoms with Gasteiger partial charge in [0.25, 0.3) is 11.1 Å². The number of anilines is 1. The highest BCUT2D eigenvalue weighted by Gasteiger charge is 2.37. The fraction of sp³-hybridized carbons (Fsp3) is 0.323. The zero-order valence-electron chi connectivity index (χ0n) is 23.2. The van der Waals surface area contributed by atoms with Gasteiger partial charge in [-0.3, -0.25) is 19.3 Å². The standard InChI is InChI=1S/C31H34N4O3S/c1-20-15-21(2)29(22(3)16-20)35-23(4)17-25(24(35)5)18-27-30(37)34(31(38)39-27)19-28(36)33-13-11-32(12-14-33)26-9-7-6-8-10-26/h6-10,15-18H,11-14,19H2,1-5H3/b27-18+. The Kier molecular flexibility index (Phi) is 7.40. The Hall–Kier alpha value is -3.78. The number of imide groups is 1. The lowest BCUT2D eigenvalue weighted by molar-refractivity contribution is -0.136. The highest BCUT2D eigenvalue weighted by molar-refractivity contribution is 8.18. The number of nitrogens with zero attached hydrogens (tertiary/aromatic N) is 4. The zero-order valence-corrected chi connectivity index (χ0v) is 24.0. The van der Waals surface area contributed by atoms with Crippen LogP contribution in [0.5, 0.6) is 0 Å². The second-order valence-electron chi connectivity index (χ2n) is 10.4. The maximum atomic E-state index is 13.2. The van der Waals surface area contributed by atoms with E-state index in [1.165, 1.54) is 16.7 Å². The van der Waals surface area contributed by atoms with Crippen molar-refractivity contribution in [3.8, 4) is 5.69 Å². The number of aryl methyl sites for hydroxylation is 4. The SMILES string of the molecule is Cc1cc(C)c(-n2c(C)cc(/C=C3/SC(=O)N(CC(=O)N4CCN(c5ccccc5)CC4)C3=O)c2C)c(C)c1. The molecule has 2 aliphatic rings. The Balaban J connectivity index is 1.29. The topological polar surface area (TPSA) is 65.9 Å². The van der Waals surface area contributed by atoms with Crippen LogP contribution in [0.15, 0.2) is 53.4 Å². The van der Waals surface area contributed by atoms with Crippen LogP contribution < -0.4 is 4.90 Å². The summed E-state index contributed by atoms with van der Waals surface area (Å²) in [7, 11) is 0. The van der Waals surface area contributed by atoms with Crippen LogP contribution in [0.25, 0.3) is 11.8 Å². The van der Waals surface area contributed by atoms with Crippen LogP contribution in [0.3, 0.4) is 0 Å². The molecular formula is C31H34N4O3S. The van der Waals surface area contributed by atoms with E-state index in [0.29, 0.717) is 31.1 Å². The number of thioether (sulfide) groups is 1. The minimum atomic E-state index is -0.409. The van der Waals surface area contributed by atoms with Gasteiger partial charge in [0.2, 0.25) is 5.91 Å². The van der Waals surface area contributed by atoms with Crippen LogP contribution >= 0.6 is 11.8 Å². The Morgan fingerprint density at radius 2 is 1.54 bits per heavy atom. The molecule has 0 unspecified atom stereocenters. The third-order valence-electron chi connectivity index (χ3n) is 7.54. The second-order valence-corrected chi connectivity index (χ2v) is 11.4. The molecule has 2 aromatic carbocycles. The number of carbonyl (C=O) groups excluding carboxylic acids is 3. The molecule has 5 rings (SSSR count). The van der Waals surface area contributed by atoms with Crippen molar-refractivity contribution < 1.29 is 14.4 Å². The summed E-state index contributed by atoms with van der Waals surface area (Å²) in [6, 6.07) is 16.5. The van der Waals surface area contributed by atoms with Crippen molar-refractivity contribution in [2.45, 2.75) is 34.6 Å². The van der Waals surface area contributed by atoms with E-state index in [-0.39, 0.29) is 12.5 Å². The van der Waals surface area contributed by atoms with Crippen molar-refractivity contribution >= 4 is 40.6 Å².